The first-order valence-electron chi connectivity index (χ1n) is 6.33. The van der Waals surface area contributed by atoms with Gasteiger partial charge in [0.05, 0.1) is 13.3 Å². The van der Waals surface area contributed by atoms with Crippen LogP contribution in [0, 0.1) is 5.82 Å². The van der Waals surface area contributed by atoms with Crippen molar-refractivity contribution in [3.8, 4) is 11.5 Å². The van der Waals surface area contributed by atoms with E-state index in [2.05, 4.69) is 4.98 Å². The molecule has 0 aliphatic rings. The molecule has 0 bridgehead atoms. The fraction of sp³-hybridized carbons (Fsp3) is 0.267. The van der Waals surface area contributed by atoms with Crippen molar-refractivity contribution < 1.29 is 13.9 Å². The monoisotopic (exact) mass is 276 g/mol. The number of benzene rings is 1. The van der Waals surface area contributed by atoms with Crippen LogP contribution in [0.3, 0.4) is 0 Å². The van der Waals surface area contributed by atoms with Crippen molar-refractivity contribution in [2.24, 2.45) is 5.73 Å². The molecule has 4 nitrogen and oxygen atoms in total. The number of methoxy groups -OCH3 is 1. The zero-order valence-corrected chi connectivity index (χ0v) is 11.3. The summed E-state index contributed by atoms with van der Waals surface area (Å²) in [7, 11) is 1.43. The normalized spacial score (nSPS) is 10.3. The standard InChI is InChI=1S/C15H17FN2O2/c1-19-14-4-2-3-11(15(14)16)10-20-13-6-5-12(7-8-17)18-9-13/h2-6,9H,7-8,10,17H2,1H3. The highest BCUT2D eigenvalue weighted by molar-refractivity contribution is 5.31. The summed E-state index contributed by atoms with van der Waals surface area (Å²) in [6, 6.07) is 8.61. The fourth-order valence-corrected chi connectivity index (χ4v) is 1.78. The van der Waals surface area contributed by atoms with Crippen LogP contribution in [-0.2, 0) is 13.0 Å². The van der Waals surface area contributed by atoms with E-state index in [1.165, 1.54) is 7.11 Å². The molecular formula is C15H17FN2O2. The summed E-state index contributed by atoms with van der Waals surface area (Å²) in [4.78, 5) is 4.21. The quantitative estimate of drug-likeness (QED) is 0.879. The highest BCUT2D eigenvalue weighted by Gasteiger charge is 2.08. The predicted octanol–water partition coefficient (Wildman–Crippen LogP) is 2.31. The second-order valence-electron chi connectivity index (χ2n) is 4.25. The lowest BCUT2D eigenvalue weighted by atomic mass is 10.2. The minimum Gasteiger partial charge on any atom is -0.494 e. The summed E-state index contributed by atoms with van der Waals surface area (Å²) in [5.41, 5.74) is 6.80. The number of pyridine rings is 1. The minimum absolute atomic E-state index is 0.126. The Kier molecular flexibility index (Phi) is 4.90. The Hall–Kier alpha value is -2.14. The summed E-state index contributed by atoms with van der Waals surface area (Å²) in [6.45, 7) is 0.684. The number of nitrogens with zero attached hydrogens (tertiary/aromatic N) is 1. The van der Waals surface area contributed by atoms with Gasteiger partial charge < -0.3 is 15.2 Å². The van der Waals surface area contributed by atoms with Crippen LogP contribution in [0.25, 0.3) is 0 Å². The Bertz CT molecular complexity index is 558. The van der Waals surface area contributed by atoms with E-state index in [4.69, 9.17) is 15.2 Å². The van der Waals surface area contributed by atoms with E-state index in [1.807, 2.05) is 6.07 Å². The van der Waals surface area contributed by atoms with E-state index in [0.717, 1.165) is 12.1 Å². The maximum atomic E-state index is 13.9. The molecule has 0 amide bonds. The molecule has 0 atom stereocenters. The maximum Gasteiger partial charge on any atom is 0.171 e. The van der Waals surface area contributed by atoms with Crippen LogP contribution in [-0.4, -0.2) is 18.6 Å². The van der Waals surface area contributed by atoms with E-state index < -0.39 is 5.82 Å². The summed E-state index contributed by atoms with van der Waals surface area (Å²) in [5, 5.41) is 0. The predicted molar refractivity (Wildman–Crippen MR) is 74.3 cm³/mol. The second-order valence-corrected chi connectivity index (χ2v) is 4.25. The van der Waals surface area contributed by atoms with Gasteiger partial charge >= 0.3 is 0 Å². The van der Waals surface area contributed by atoms with E-state index in [-0.39, 0.29) is 12.4 Å². The SMILES string of the molecule is COc1cccc(COc2ccc(CCN)nc2)c1F. The van der Waals surface area contributed by atoms with Crippen LogP contribution < -0.4 is 15.2 Å². The molecule has 0 aliphatic carbocycles. The number of halogens is 1. The van der Waals surface area contributed by atoms with Gasteiger partial charge in [0.2, 0.25) is 0 Å². The first kappa shape index (κ1) is 14.3. The molecular weight excluding hydrogens is 259 g/mol. The lowest BCUT2D eigenvalue weighted by Crippen LogP contribution is -2.04. The van der Waals surface area contributed by atoms with Gasteiger partial charge in [-0.1, -0.05) is 12.1 Å². The zero-order valence-electron chi connectivity index (χ0n) is 11.3. The highest BCUT2D eigenvalue weighted by Crippen LogP contribution is 2.21. The second kappa shape index (κ2) is 6.86. The van der Waals surface area contributed by atoms with Crippen LogP contribution >= 0.6 is 0 Å². The van der Waals surface area contributed by atoms with Crippen molar-refractivity contribution in [1.82, 2.24) is 4.98 Å². The topological polar surface area (TPSA) is 57.4 Å². The van der Waals surface area contributed by atoms with Crippen molar-refractivity contribution in [3.63, 3.8) is 0 Å². The number of hydrogen-bond donors (Lipinski definition) is 1. The molecule has 0 saturated heterocycles. The molecule has 2 aromatic rings. The molecule has 5 heteroatoms. The average Bonchev–Trinajstić information content (AvgIpc) is 2.48. The van der Waals surface area contributed by atoms with Gasteiger partial charge in [0, 0.05) is 17.7 Å². The van der Waals surface area contributed by atoms with Crippen molar-refractivity contribution >= 4 is 0 Å². The molecule has 0 saturated carbocycles. The van der Waals surface area contributed by atoms with Crippen molar-refractivity contribution in [2.45, 2.75) is 13.0 Å². The van der Waals surface area contributed by atoms with Crippen molar-refractivity contribution in [2.75, 3.05) is 13.7 Å². The molecule has 106 valence electrons. The molecule has 2 rings (SSSR count). The molecule has 1 aromatic carbocycles. The van der Waals surface area contributed by atoms with Gasteiger partial charge in [-0.25, -0.2) is 4.39 Å². The Morgan fingerprint density at radius 1 is 1.25 bits per heavy atom. The Labute approximate surface area is 117 Å². The fourth-order valence-electron chi connectivity index (χ4n) is 1.78. The first-order valence-corrected chi connectivity index (χ1v) is 6.33. The largest absolute Gasteiger partial charge is 0.494 e. The van der Waals surface area contributed by atoms with Gasteiger partial charge in [-0.15, -0.1) is 0 Å². The molecule has 0 radical (unpaired) electrons. The summed E-state index contributed by atoms with van der Waals surface area (Å²) in [5.74, 6) is 0.401. The van der Waals surface area contributed by atoms with E-state index >= 15 is 0 Å². The molecule has 1 heterocycles. The van der Waals surface area contributed by atoms with Crippen molar-refractivity contribution in [1.29, 1.82) is 0 Å². The molecule has 0 unspecified atom stereocenters. The van der Waals surface area contributed by atoms with Gasteiger partial charge in [0.15, 0.2) is 11.6 Å². The smallest absolute Gasteiger partial charge is 0.171 e. The number of hydrogen-bond acceptors (Lipinski definition) is 4. The lowest BCUT2D eigenvalue weighted by molar-refractivity contribution is 0.294. The number of ether oxygens (including phenoxy) is 2. The van der Waals surface area contributed by atoms with E-state index in [1.54, 1.807) is 30.5 Å². The van der Waals surface area contributed by atoms with Crippen LogP contribution in [0.1, 0.15) is 11.3 Å². The lowest BCUT2D eigenvalue weighted by Gasteiger charge is -2.09. The van der Waals surface area contributed by atoms with Crippen molar-refractivity contribution in [3.05, 3.63) is 53.6 Å². The van der Waals surface area contributed by atoms with Crippen LogP contribution in [0.2, 0.25) is 0 Å². The van der Waals surface area contributed by atoms with Gasteiger partial charge in [-0.05, 0) is 24.7 Å². The molecule has 20 heavy (non-hydrogen) atoms. The molecule has 0 spiro atoms. The molecule has 0 aliphatic heterocycles. The van der Waals surface area contributed by atoms with E-state index in [0.29, 0.717) is 17.9 Å². The maximum absolute atomic E-state index is 13.9. The molecule has 0 fully saturated rings. The van der Waals surface area contributed by atoms with E-state index in [9.17, 15) is 4.39 Å². The molecule has 2 N–H and O–H groups in total. The highest BCUT2D eigenvalue weighted by atomic mass is 19.1. The number of rotatable bonds is 6. The Morgan fingerprint density at radius 2 is 2.10 bits per heavy atom. The van der Waals surface area contributed by atoms with Gasteiger partial charge in [-0.2, -0.15) is 0 Å². The third-order valence-electron chi connectivity index (χ3n) is 2.86. The third kappa shape index (κ3) is 3.45. The zero-order chi connectivity index (χ0) is 14.4. The van der Waals surface area contributed by atoms with Crippen LogP contribution in [0.5, 0.6) is 11.5 Å². The average molecular weight is 276 g/mol. The number of aromatic nitrogens is 1. The molecule has 1 aromatic heterocycles. The first-order chi connectivity index (χ1) is 9.74. The van der Waals surface area contributed by atoms with Crippen LogP contribution in [0.4, 0.5) is 4.39 Å². The Morgan fingerprint density at radius 3 is 2.75 bits per heavy atom. The summed E-state index contributed by atoms with van der Waals surface area (Å²) in [6.07, 6.45) is 2.34. The summed E-state index contributed by atoms with van der Waals surface area (Å²) >= 11 is 0. The minimum atomic E-state index is -0.400. The Balaban J connectivity index is 2.01. The summed E-state index contributed by atoms with van der Waals surface area (Å²) < 4.78 is 24.3. The number of nitrogens with two attached hydrogens (primary N) is 1. The van der Waals surface area contributed by atoms with Gasteiger partial charge in [-0.3, -0.25) is 4.98 Å². The van der Waals surface area contributed by atoms with Gasteiger partial charge in [0.25, 0.3) is 0 Å². The third-order valence-corrected chi connectivity index (χ3v) is 2.86. The van der Waals surface area contributed by atoms with Gasteiger partial charge in [0.1, 0.15) is 12.4 Å². The van der Waals surface area contributed by atoms with Crippen LogP contribution in [0.15, 0.2) is 36.5 Å².